The Morgan fingerprint density at radius 1 is 1.03 bits per heavy atom. The summed E-state index contributed by atoms with van der Waals surface area (Å²) in [4.78, 5) is 12.6. The van der Waals surface area contributed by atoms with Gasteiger partial charge in [-0.15, -0.1) is 0 Å². The molecule has 1 saturated heterocycles. The van der Waals surface area contributed by atoms with Crippen molar-refractivity contribution in [3.05, 3.63) is 46.9 Å². The third kappa shape index (κ3) is 4.34. The zero-order chi connectivity index (χ0) is 25.7. The predicted molar refractivity (Wildman–Crippen MR) is 144 cm³/mol. The molecular weight excluding hydrogens is 467 g/mol. The highest BCUT2D eigenvalue weighted by Crippen LogP contribution is 2.41. The van der Waals surface area contributed by atoms with E-state index >= 15 is 4.39 Å². The van der Waals surface area contributed by atoms with Crippen molar-refractivity contribution in [2.75, 3.05) is 13.2 Å². The Morgan fingerprint density at radius 2 is 1.76 bits per heavy atom. The molecule has 8 heteroatoms. The standard InChI is InChI=1S/C29H37FN6O/c1-16(2)24-25-23(35-28(24)22-14-36-29(32-15-33-36)18(4)17(22)3)13-31-27(26(25)30)19-5-7-20(8-6-19)34-21-9-11-37-12-10-21/h13-16,19-21,34-35H,5-12H2,1-4H3. The third-order valence-electron chi connectivity index (χ3n) is 8.62. The minimum absolute atomic E-state index is 0.138. The summed E-state index contributed by atoms with van der Waals surface area (Å²) in [5.74, 6) is 0.144. The Hall–Kier alpha value is -2.84. The van der Waals surface area contributed by atoms with E-state index in [4.69, 9.17) is 4.74 Å². The lowest BCUT2D eigenvalue weighted by Gasteiger charge is -2.33. The molecule has 0 bridgehead atoms. The summed E-state index contributed by atoms with van der Waals surface area (Å²) < 4.78 is 23.6. The molecule has 0 aromatic carbocycles. The van der Waals surface area contributed by atoms with Crippen LogP contribution in [0, 0.1) is 19.7 Å². The lowest BCUT2D eigenvalue weighted by molar-refractivity contribution is 0.0728. The number of hydrogen-bond acceptors (Lipinski definition) is 5. The average molecular weight is 505 g/mol. The zero-order valence-corrected chi connectivity index (χ0v) is 22.3. The zero-order valence-electron chi connectivity index (χ0n) is 22.3. The first-order chi connectivity index (χ1) is 17.9. The molecule has 6 rings (SSSR count). The normalized spacial score (nSPS) is 21.5. The number of aromatic nitrogens is 5. The number of pyridine rings is 2. The van der Waals surface area contributed by atoms with Gasteiger partial charge in [0.2, 0.25) is 0 Å². The van der Waals surface area contributed by atoms with Gasteiger partial charge in [-0.2, -0.15) is 5.10 Å². The van der Waals surface area contributed by atoms with Crippen molar-refractivity contribution >= 4 is 16.6 Å². The second-order valence-corrected chi connectivity index (χ2v) is 11.2. The van der Waals surface area contributed by atoms with Crippen LogP contribution in [0.3, 0.4) is 0 Å². The van der Waals surface area contributed by atoms with Gasteiger partial charge in [0.25, 0.3) is 0 Å². The number of aromatic amines is 1. The summed E-state index contributed by atoms with van der Waals surface area (Å²) in [5.41, 5.74) is 7.41. The second-order valence-electron chi connectivity index (χ2n) is 11.2. The molecule has 37 heavy (non-hydrogen) atoms. The molecule has 2 aliphatic rings. The van der Waals surface area contributed by atoms with E-state index in [1.165, 1.54) is 0 Å². The first-order valence-corrected chi connectivity index (χ1v) is 13.8. The van der Waals surface area contributed by atoms with E-state index in [0.29, 0.717) is 23.2 Å². The lowest BCUT2D eigenvalue weighted by Crippen LogP contribution is -2.43. The number of hydrogen-bond donors (Lipinski definition) is 2. The van der Waals surface area contributed by atoms with E-state index in [-0.39, 0.29) is 17.7 Å². The van der Waals surface area contributed by atoms with Crippen molar-refractivity contribution in [3.8, 4) is 11.3 Å². The number of nitrogens with zero attached hydrogens (tertiary/aromatic N) is 4. The van der Waals surface area contributed by atoms with Crippen LogP contribution in [0.25, 0.3) is 27.8 Å². The molecule has 1 aliphatic carbocycles. The highest BCUT2D eigenvalue weighted by atomic mass is 19.1. The van der Waals surface area contributed by atoms with Crippen molar-refractivity contribution in [1.82, 2.24) is 29.9 Å². The second kappa shape index (κ2) is 9.80. The first kappa shape index (κ1) is 24.5. The van der Waals surface area contributed by atoms with Crippen molar-refractivity contribution in [1.29, 1.82) is 0 Å². The van der Waals surface area contributed by atoms with Crippen LogP contribution in [0.15, 0.2) is 18.7 Å². The Labute approximate surface area is 217 Å². The number of H-pyrrole nitrogens is 1. The van der Waals surface area contributed by atoms with E-state index in [1.54, 1.807) is 10.8 Å². The molecule has 4 aromatic rings. The van der Waals surface area contributed by atoms with Gasteiger partial charge in [0.05, 0.1) is 23.1 Å². The van der Waals surface area contributed by atoms with Crippen LogP contribution in [-0.2, 0) is 4.74 Å². The molecule has 0 radical (unpaired) electrons. The van der Waals surface area contributed by atoms with Crippen LogP contribution in [0.2, 0.25) is 0 Å². The summed E-state index contributed by atoms with van der Waals surface area (Å²) in [6.07, 6.45) is 11.6. The van der Waals surface area contributed by atoms with Gasteiger partial charge in [-0.05, 0) is 75.0 Å². The summed E-state index contributed by atoms with van der Waals surface area (Å²) in [7, 11) is 0. The number of ether oxygens (including phenoxy) is 1. The number of nitrogens with one attached hydrogen (secondary N) is 2. The van der Waals surface area contributed by atoms with Crippen LogP contribution >= 0.6 is 0 Å². The molecule has 4 aromatic heterocycles. The van der Waals surface area contributed by atoms with Gasteiger partial charge in [0, 0.05) is 48.4 Å². The van der Waals surface area contributed by atoms with Gasteiger partial charge in [0.15, 0.2) is 11.5 Å². The molecule has 0 unspecified atom stereocenters. The van der Waals surface area contributed by atoms with Gasteiger partial charge in [0.1, 0.15) is 6.33 Å². The van der Waals surface area contributed by atoms with E-state index in [0.717, 1.165) is 90.9 Å². The smallest absolute Gasteiger partial charge is 0.158 e. The fourth-order valence-corrected chi connectivity index (χ4v) is 6.45. The summed E-state index contributed by atoms with van der Waals surface area (Å²) in [5, 5.41) is 8.88. The van der Waals surface area contributed by atoms with Crippen molar-refractivity contribution in [2.45, 2.75) is 90.1 Å². The monoisotopic (exact) mass is 504 g/mol. The Bertz CT molecular complexity index is 1430. The highest BCUT2D eigenvalue weighted by Gasteiger charge is 2.30. The fraction of sp³-hybridized carbons (Fsp3) is 0.552. The lowest BCUT2D eigenvalue weighted by atomic mass is 9.82. The quantitative estimate of drug-likeness (QED) is 0.351. The summed E-state index contributed by atoms with van der Waals surface area (Å²) >= 11 is 0. The molecule has 0 spiro atoms. The molecular formula is C29H37FN6O. The van der Waals surface area contributed by atoms with E-state index in [2.05, 4.69) is 53.1 Å². The number of aryl methyl sites for hydroxylation is 1. The van der Waals surface area contributed by atoms with Crippen molar-refractivity contribution < 1.29 is 9.13 Å². The third-order valence-corrected chi connectivity index (χ3v) is 8.62. The van der Waals surface area contributed by atoms with Gasteiger partial charge < -0.3 is 15.0 Å². The number of rotatable bonds is 5. The topological polar surface area (TPSA) is 80.1 Å². The SMILES string of the molecule is Cc1c(-c2[nH]c3cnc(C4CCC(NC5CCOCC5)CC4)c(F)c3c2C(C)C)cn2ncnc2c1C. The molecule has 0 amide bonds. The van der Waals surface area contributed by atoms with Gasteiger partial charge in [-0.25, -0.2) is 13.9 Å². The predicted octanol–water partition coefficient (Wildman–Crippen LogP) is 5.95. The fourth-order valence-electron chi connectivity index (χ4n) is 6.45. The molecule has 1 saturated carbocycles. The van der Waals surface area contributed by atoms with E-state index < -0.39 is 0 Å². The maximum atomic E-state index is 16.3. The molecule has 0 atom stereocenters. The van der Waals surface area contributed by atoms with Gasteiger partial charge in [-0.3, -0.25) is 4.98 Å². The maximum absolute atomic E-state index is 16.3. The summed E-state index contributed by atoms with van der Waals surface area (Å²) in [6, 6.07) is 1.06. The number of fused-ring (bicyclic) bond motifs is 2. The van der Waals surface area contributed by atoms with Crippen LogP contribution in [0.1, 0.15) is 86.6 Å². The largest absolute Gasteiger partial charge is 0.381 e. The molecule has 7 nitrogen and oxygen atoms in total. The van der Waals surface area contributed by atoms with E-state index in [9.17, 15) is 0 Å². The molecule has 196 valence electrons. The summed E-state index contributed by atoms with van der Waals surface area (Å²) in [6.45, 7) is 10.1. The van der Waals surface area contributed by atoms with Crippen molar-refractivity contribution in [3.63, 3.8) is 0 Å². The molecule has 5 heterocycles. The Balaban J connectivity index is 1.33. The Morgan fingerprint density at radius 3 is 2.49 bits per heavy atom. The van der Waals surface area contributed by atoms with Gasteiger partial charge in [-0.1, -0.05) is 13.8 Å². The molecule has 2 N–H and O–H groups in total. The Kier molecular flexibility index (Phi) is 6.49. The van der Waals surface area contributed by atoms with E-state index in [1.807, 2.05) is 12.4 Å². The first-order valence-electron chi connectivity index (χ1n) is 13.8. The van der Waals surface area contributed by atoms with Crippen LogP contribution in [0.5, 0.6) is 0 Å². The minimum Gasteiger partial charge on any atom is -0.381 e. The van der Waals surface area contributed by atoms with Gasteiger partial charge >= 0.3 is 0 Å². The minimum atomic E-state index is -0.152. The van der Waals surface area contributed by atoms with Crippen LogP contribution in [0.4, 0.5) is 4.39 Å². The number of halogens is 1. The molecule has 1 aliphatic heterocycles. The highest BCUT2D eigenvalue weighted by molar-refractivity contribution is 5.92. The maximum Gasteiger partial charge on any atom is 0.158 e. The van der Waals surface area contributed by atoms with Crippen LogP contribution in [-0.4, -0.2) is 49.9 Å². The molecule has 2 fully saturated rings. The van der Waals surface area contributed by atoms with Crippen LogP contribution < -0.4 is 5.32 Å². The van der Waals surface area contributed by atoms with Crippen molar-refractivity contribution in [2.24, 2.45) is 0 Å². The average Bonchev–Trinajstić information content (AvgIpc) is 3.53.